The Morgan fingerprint density at radius 1 is 1.26 bits per heavy atom. The summed E-state index contributed by atoms with van der Waals surface area (Å²) in [6.07, 6.45) is 4.01. The van der Waals surface area contributed by atoms with Crippen molar-refractivity contribution in [1.29, 1.82) is 0 Å². The van der Waals surface area contributed by atoms with Gasteiger partial charge in [0, 0.05) is 38.9 Å². The predicted octanol–water partition coefficient (Wildman–Crippen LogP) is 1.85. The molecule has 0 spiro atoms. The lowest BCUT2D eigenvalue weighted by atomic mass is 10.1. The number of methoxy groups -OCH3 is 1. The molecule has 1 aliphatic heterocycles. The summed E-state index contributed by atoms with van der Waals surface area (Å²) < 4.78 is 8.61. The number of aromatic amines is 1. The second-order valence-electron chi connectivity index (χ2n) is 9.42. The topological polar surface area (TPSA) is 141 Å². The summed E-state index contributed by atoms with van der Waals surface area (Å²) in [5, 5.41) is 0. The average Bonchev–Trinajstić information content (AvgIpc) is 2.98. The minimum atomic E-state index is -0.723. The molecule has 188 valence electrons. The SMILES string of the molecule is COCCN(C(=O)c1cc(C)nc2c1nc1n2CCCCC1)c1c(N)n(CC(C)C)c(=O)[nH]c1=O. The number of H-pyrrole nitrogens is 1. The van der Waals surface area contributed by atoms with Crippen molar-refractivity contribution in [2.45, 2.75) is 59.5 Å². The second-order valence-corrected chi connectivity index (χ2v) is 9.42. The third-order valence-corrected chi connectivity index (χ3v) is 6.22. The van der Waals surface area contributed by atoms with Crippen molar-refractivity contribution >= 4 is 28.6 Å². The molecule has 35 heavy (non-hydrogen) atoms. The van der Waals surface area contributed by atoms with Gasteiger partial charge in [-0.1, -0.05) is 20.3 Å². The van der Waals surface area contributed by atoms with Gasteiger partial charge in [-0.15, -0.1) is 0 Å². The van der Waals surface area contributed by atoms with Gasteiger partial charge in [0.05, 0.1) is 12.2 Å². The molecule has 0 saturated carbocycles. The number of carbonyl (C=O) groups is 1. The molecule has 4 heterocycles. The van der Waals surface area contributed by atoms with Gasteiger partial charge >= 0.3 is 5.69 Å². The van der Waals surface area contributed by atoms with E-state index in [-0.39, 0.29) is 30.6 Å². The van der Waals surface area contributed by atoms with Gasteiger partial charge in [-0.3, -0.25) is 24.0 Å². The maximum Gasteiger partial charge on any atom is 0.330 e. The van der Waals surface area contributed by atoms with Gasteiger partial charge in [0.2, 0.25) is 0 Å². The Labute approximate surface area is 202 Å². The number of anilines is 2. The number of carbonyl (C=O) groups excluding carboxylic acids is 1. The molecule has 0 atom stereocenters. The Balaban J connectivity index is 1.89. The number of hydrogen-bond acceptors (Lipinski definition) is 7. The van der Waals surface area contributed by atoms with Crippen LogP contribution in [-0.2, 0) is 24.2 Å². The van der Waals surface area contributed by atoms with Crippen molar-refractivity contribution in [2.75, 3.05) is 30.9 Å². The Morgan fingerprint density at radius 2 is 2.03 bits per heavy atom. The zero-order chi connectivity index (χ0) is 25.3. The van der Waals surface area contributed by atoms with Crippen LogP contribution in [0, 0.1) is 12.8 Å². The highest BCUT2D eigenvalue weighted by molar-refractivity contribution is 6.13. The Kier molecular flexibility index (Phi) is 7.06. The highest BCUT2D eigenvalue weighted by Crippen LogP contribution is 2.27. The zero-order valence-corrected chi connectivity index (χ0v) is 20.8. The van der Waals surface area contributed by atoms with Crippen LogP contribution in [0.15, 0.2) is 15.7 Å². The highest BCUT2D eigenvalue weighted by atomic mass is 16.5. The summed E-state index contributed by atoms with van der Waals surface area (Å²) in [5.74, 6) is 0.508. The number of fused-ring (bicyclic) bond motifs is 3. The van der Waals surface area contributed by atoms with Crippen LogP contribution in [0.2, 0.25) is 0 Å². The zero-order valence-electron chi connectivity index (χ0n) is 20.8. The summed E-state index contributed by atoms with van der Waals surface area (Å²) >= 11 is 0. The number of nitrogens with two attached hydrogens (primary N) is 1. The van der Waals surface area contributed by atoms with E-state index in [0.717, 1.165) is 38.1 Å². The van der Waals surface area contributed by atoms with Crippen molar-refractivity contribution in [3.05, 3.63) is 44.0 Å². The number of nitrogens with one attached hydrogen (secondary N) is 1. The summed E-state index contributed by atoms with van der Waals surface area (Å²) in [4.78, 5) is 52.5. The summed E-state index contributed by atoms with van der Waals surface area (Å²) in [6, 6.07) is 1.69. The van der Waals surface area contributed by atoms with Gasteiger partial charge in [-0.05, 0) is 31.7 Å². The van der Waals surface area contributed by atoms with Crippen molar-refractivity contribution in [1.82, 2.24) is 24.1 Å². The minimum Gasteiger partial charge on any atom is -0.383 e. The van der Waals surface area contributed by atoms with Crippen LogP contribution >= 0.6 is 0 Å². The summed E-state index contributed by atoms with van der Waals surface area (Å²) in [7, 11) is 1.51. The first kappa shape index (κ1) is 24.6. The number of amides is 1. The number of imidazole rings is 1. The first-order valence-electron chi connectivity index (χ1n) is 12.0. The van der Waals surface area contributed by atoms with E-state index in [9.17, 15) is 14.4 Å². The molecule has 0 fully saturated rings. The quantitative estimate of drug-likeness (QED) is 0.522. The molecule has 0 saturated heterocycles. The number of hydrogen-bond donors (Lipinski definition) is 2. The third-order valence-electron chi connectivity index (χ3n) is 6.22. The lowest BCUT2D eigenvalue weighted by Gasteiger charge is -2.25. The predicted molar refractivity (Wildman–Crippen MR) is 134 cm³/mol. The molecule has 3 aromatic rings. The van der Waals surface area contributed by atoms with Crippen molar-refractivity contribution in [3.63, 3.8) is 0 Å². The fourth-order valence-electron chi connectivity index (χ4n) is 4.61. The molecule has 0 aromatic carbocycles. The first-order chi connectivity index (χ1) is 16.7. The standard InChI is InChI=1S/C24H33N7O4/c1-14(2)13-31-20(25)19(22(32)28-24(31)34)30(10-11-35-4)23(33)16-12-15(3)26-21-18(16)27-17-8-6-5-7-9-29(17)21/h12,14H,5-11,13,25H2,1-4H3,(H,28,32,34). The number of aromatic nitrogens is 5. The fourth-order valence-corrected chi connectivity index (χ4v) is 4.61. The van der Waals surface area contributed by atoms with Crippen LogP contribution in [0.4, 0.5) is 11.5 Å². The van der Waals surface area contributed by atoms with Gasteiger partial charge in [-0.25, -0.2) is 14.8 Å². The van der Waals surface area contributed by atoms with Crippen LogP contribution in [0.3, 0.4) is 0 Å². The summed E-state index contributed by atoms with van der Waals surface area (Å²) in [5.41, 5.74) is 7.12. The number of rotatable bonds is 7. The van der Waals surface area contributed by atoms with E-state index < -0.39 is 17.2 Å². The van der Waals surface area contributed by atoms with E-state index in [1.807, 2.05) is 20.8 Å². The van der Waals surface area contributed by atoms with E-state index in [2.05, 4.69) is 14.5 Å². The minimum absolute atomic E-state index is 0.0560. The van der Waals surface area contributed by atoms with Crippen molar-refractivity contribution in [2.24, 2.45) is 5.92 Å². The van der Waals surface area contributed by atoms with Gasteiger partial charge in [0.1, 0.15) is 17.2 Å². The van der Waals surface area contributed by atoms with Crippen LogP contribution < -0.4 is 21.9 Å². The van der Waals surface area contributed by atoms with Gasteiger partial charge in [-0.2, -0.15) is 0 Å². The molecule has 1 aliphatic rings. The number of aryl methyl sites for hydroxylation is 3. The molecule has 0 bridgehead atoms. The van der Waals surface area contributed by atoms with E-state index in [0.29, 0.717) is 29.0 Å². The van der Waals surface area contributed by atoms with Crippen LogP contribution in [0.5, 0.6) is 0 Å². The molecular formula is C24H33N7O4. The summed E-state index contributed by atoms with van der Waals surface area (Å²) in [6.45, 7) is 7.03. The number of pyridine rings is 1. The number of ether oxygens (including phenoxy) is 1. The molecule has 0 unspecified atom stereocenters. The van der Waals surface area contributed by atoms with Gasteiger partial charge in [0.15, 0.2) is 11.3 Å². The largest absolute Gasteiger partial charge is 0.383 e. The van der Waals surface area contributed by atoms with Crippen LogP contribution in [-0.4, -0.2) is 50.3 Å². The number of nitrogen functional groups attached to an aromatic ring is 1. The molecule has 0 aliphatic carbocycles. The normalized spacial score (nSPS) is 13.7. The smallest absolute Gasteiger partial charge is 0.330 e. The first-order valence-corrected chi connectivity index (χ1v) is 12.0. The third kappa shape index (κ3) is 4.72. The Bertz CT molecular complexity index is 1370. The Hall–Kier alpha value is -3.47. The monoisotopic (exact) mass is 483 g/mol. The molecule has 3 aromatic heterocycles. The molecular weight excluding hydrogens is 450 g/mol. The maximum atomic E-state index is 14.0. The molecule has 11 heteroatoms. The van der Waals surface area contributed by atoms with E-state index in [1.165, 1.54) is 16.6 Å². The fraction of sp³-hybridized carbons (Fsp3) is 0.542. The van der Waals surface area contributed by atoms with E-state index in [4.69, 9.17) is 15.5 Å². The van der Waals surface area contributed by atoms with Crippen molar-refractivity contribution in [3.8, 4) is 0 Å². The van der Waals surface area contributed by atoms with Gasteiger partial charge < -0.3 is 15.0 Å². The van der Waals surface area contributed by atoms with E-state index >= 15 is 0 Å². The molecule has 4 rings (SSSR count). The molecule has 3 N–H and O–H groups in total. The lowest BCUT2D eigenvalue weighted by Crippen LogP contribution is -2.43. The lowest BCUT2D eigenvalue weighted by molar-refractivity contribution is 0.0976. The molecule has 0 radical (unpaired) electrons. The van der Waals surface area contributed by atoms with Crippen molar-refractivity contribution < 1.29 is 9.53 Å². The van der Waals surface area contributed by atoms with E-state index in [1.54, 1.807) is 6.07 Å². The highest BCUT2D eigenvalue weighted by Gasteiger charge is 2.29. The maximum absolute atomic E-state index is 14.0. The molecule has 11 nitrogen and oxygen atoms in total. The number of nitrogens with zero attached hydrogens (tertiary/aromatic N) is 5. The van der Waals surface area contributed by atoms with Crippen LogP contribution in [0.1, 0.15) is 55.0 Å². The second kappa shape index (κ2) is 10.0. The van der Waals surface area contributed by atoms with Crippen LogP contribution in [0.25, 0.3) is 11.2 Å². The molecule has 1 amide bonds. The van der Waals surface area contributed by atoms with Gasteiger partial charge in [0.25, 0.3) is 11.5 Å². The average molecular weight is 484 g/mol. The Morgan fingerprint density at radius 3 is 2.74 bits per heavy atom.